The van der Waals surface area contributed by atoms with E-state index in [2.05, 4.69) is 17.2 Å². The number of anilines is 2. The molecule has 0 saturated carbocycles. The lowest BCUT2D eigenvalue weighted by Crippen LogP contribution is -2.37. The van der Waals surface area contributed by atoms with Gasteiger partial charge in [-0.1, -0.05) is 13.0 Å². The van der Waals surface area contributed by atoms with E-state index in [4.69, 9.17) is 0 Å². The highest BCUT2D eigenvalue weighted by Crippen LogP contribution is 2.33. The number of nitrogens with zero attached hydrogens (tertiary/aromatic N) is 2. The van der Waals surface area contributed by atoms with Gasteiger partial charge in [0, 0.05) is 41.6 Å². The topological polar surface area (TPSA) is 45.2 Å². The maximum absolute atomic E-state index is 12.9. The quantitative estimate of drug-likeness (QED) is 0.584. The second kappa shape index (κ2) is 7.97. The molecule has 0 radical (unpaired) electrons. The average Bonchev–Trinajstić information content (AvgIpc) is 2.73. The minimum atomic E-state index is -4.41. The number of carbonyl (C=O) groups is 1. The second-order valence-corrected chi connectivity index (χ2v) is 7.77. The van der Waals surface area contributed by atoms with Crippen LogP contribution in [-0.4, -0.2) is 28.9 Å². The number of piperidine rings is 1. The van der Waals surface area contributed by atoms with Crippen molar-refractivity contribution in [3.8, 4) is 0 Å². The summed E-state index contributed by atoms with van der Waals surface area (Å²) >= 11 is 0. The molecular weight excluding hydrogens is 391 g/mol. The van der Waals surface area contributed by atoms with E-state index in [0.717, 1.165) is 43.8 Å². The summed E-state index contributed by atoms with van der Waals surface area (Å²) in [4.78, 5) is 18.6. The van der Waals surface area contributed by atoms with Crippen molar-refractivity contribution in [1.82, 2.24) is 9.88 Å². The van der Waals surface area contributed by atoms with Crippen LogP contribution in [0.3, 0.4) is 0 Å². The van der Waals surface area contributed by atoms with Crippen LogP contribution in [-0.2, 0) is 6.18 Å². The molecule has 0 bridgehead atoms. The van der Waals surface area contributed by atoms with Crippen LogP contribution in [0.1, 0.15) is 35.7 Å². The van der Waals surface area contributed by atoms with Crippen LogP contribution in [0.15, 0.2) is 54.7 Å². The zero-order chi connectivity index (χ0) is 21.3. The zero-order valence-electron chi connectivity index (χ0n) is 16.5. The van der Waals surface area contributed by atoms with Crippen molar-refractivity contribution in [3.05, 3.63) is 65.9 Å². The number of hydrogen-bond donors (Lipinski definition) is 1. The number of nitrogens with one attached hydrogen (secondary N) is 1. The summed E-state index contributed by atoms with van der Waals surface area (Å²) in [5, 5.41) is 3.80. The van der Waals surface area contributed by atoms with E-state index in [0.29, 0.717) is 22.6 Å². The average molecular weight is 413 g/mol. The van der Waals surface area contributed by atoms with Crippen LogP contribution >= 0.6 is 0 Å². The third kappa shape index (κ3) is 4.25. The molecule has 156 valence electrons. The SMILES string of the molecule is CC1CCN(C(=O)c2ccc(Nc3ccnc4cc(C(F)(F)F)ccc34)cc2)CC1. The zero-order valence-corrected chi connectivity index (χ0v) is 16.5. The van der Waals surface area contributed by atoms with Gasteiger partial charge in [-0.15, -0.1) is 0 Å². The van der Waals surface area contributed by atoms with Crippen molar-refractivity contribution in [2.75, 3.05) is 18.4 Å². The lowest BCUT2D eigenvalue weighted by molar-refractivity contribution is -0.137. The fraction of sp³-hybridized carbons (Fsp3) is 0.304. The summed E-state index contributed by atoms with van der Waals surface area (Å²) in [6, 6.07) is 12.4. The molecule has 0 aliphatic carbocycles. The first kappa shape index (κ1) is 20.2. The van der Waals surface area contributed by atoms with Crippen LogP contribution in [0, 0.1) is 5.92 Å². The molecule has 1 aliphatic rings. The summed E-state index contributed by atoms with van der Waals surface area (Å²) < 4.78 is 38.8. The van der Waals surface area contributed by atoms with E-state index in [-0.39, 0.29) is 11.4 Å². The van der Waals surface area contributed by atoms with Crippen molar-refractivity contribution in [3.63, 3.8) is 0 Å². The van der Waals surface area contributed by atoms with E-state index < -0.39 is 11.7 Å². The number of aromatic nitrogens is 1. The number of fused-ring (bicyclic) bond motifs is 1. The first-order valence-electron chi connectivity index (χ1n) is 9.93. The van der Waals surface area contributed by atoms with Crippen molar-refractivity contribution < 1.29 is 18.0 Å². The van der Waals surface area contributed by atoms with Gasteiger partial charge in [0.2, 0.25) is 0 Å². The monoisotopic (exact) mass is 413 g/mol. The van der Waals surface area contributed by atoms with E-state index in [1.54, 1.807) is 30.3 Å². The maximum atomic E-state index is 12.9. The maximum Gasteiger partial charge on any atom is 0.416 e. The molecule has 4 rings (SSSR count). The molecule has 30 heavy (non-hydrogen) atoms. The molecule has 4 nitrogen and oxygen atoms in total. The Balaban J connectivity index is 1.52. The van der Waals surface area contributed by atoms with Crippen LogP contribution in [0.4, 0.5) is 24.5 Å². The second-order valence-electron chi connectivity index (χ2n) is 7.77. The summed E-state index contributed by atoms with van der Waals surface area (Å²) in [5.41, 5.74) is 1.56. The summed E-state index contributed by atoms with van der Waals surface area (Å²) in [7, 11) is 0. The molecule has 2 aromatic carbocycles. The van der Waals surface area contributed by atoms with Crippen LogP contribution < -0.4 is 5.32 Å². The minimum absolute atomic E-state index is 0.0301. The fourth-order valence-corrected chi connectivity index (χ4v) is 3.68. The van der Waals surface area contributed by atoms with Crippen molar-refractivity contribution >= 4 is 28.2 Å². The normalized spacial score (nSPS) is 15.4. The number of alkyl halides is 3. The number of likely N-dealkylation sites (tertiary alicyclic amines) is 1. The largest absolute Gasteiger partial charge is 0.416 e. The van der Waals surface area contributed by atoms with Crippen molar-refractivity contribution in [2.24, 2.45) is 5.92 Å². The van der Waals surface area contributed by atoms with Crippen LogP contribution in [0.25, 0.3) is 10.9 Å². The third-order valence-corrected chi connectivity index (χ3v) is 5.55. The fourth-order valence-electron chi connectivity index (χ4n) is 3.68. The van der Waals surface area contributed by atoms with Gasteiger partial charge in [-0.3, -0.25) is 9.78 Å². The Bertz CT molecular complexity index is 1060. The summed E-state index contributed by atoms with van der Waals surface area (Å²) in [6.45, 7) is 3.76. The Labute approximate surface area is 172 Å². The summed E-state index contributed by atoms with van der Waals surface area (Å²) in [5.74, 6) is 0.686. The molecule has 1 aromatic heterocycles. The number of hydrogen-bond acceptors (Lipinski definition) is 3. The Morgan fingerprint density at radius 3 is 2.43 bits per heavy atom. The third-order valence-electron chi connectivity index (χ3n) is 5.55. The number of benzene rings is 2. The predicted octanol–water partition coefficient (Wildman–Crippen LogP) is 5.87. The molecule has 1 aliphatic heterocycles. The minimum Gasteiger partial charge on any atom is -0.355 e. The van der Waals surface area contributed by atoms with Gasteiger partial charge in [0.1, 0.15) is 0 Å². The number of carbonyl (C=O) groups excluding carboxylic acids is 1. The molecule has 1 fully saturated rings. The lowest BCUT2D eigenvalue weighted by atomic mass is 9.98. The Hall–Kier alpha value is -3.09. The first-order chi connectivity index (χ1) is 14.3. The van der Waals surface area contributed by atoms with Gasteiger partial charge in [-0.2, -0.15) is 13.2 Å². The molecule has 2 heterocycles. The van der Waals surface area contributed by atoms with Crippen LogP contribution in [0.2, 0.25) is 0 Å². The molecule has 0 spiro atoms. The van der Waals surface area contributed by atoms with Crippen molar-refractivity contribution in [2.45, 2.75) is 25.9 Å². The molecule has 0 atom stereocenters. The highest BCUT2D eigenvalue weighted by molar-refractivity contribution is 5.96. The summed E-state index contributed by atoms with van der Waals surface area (Å²) in [6.07, 6.45) is -0.888. The molecule has 7 heteroatoms. The molecule has 1 amide bonds. The van der Waals surface area contributed by atoms with Gasteiger partial charge >= 0.3 is 6.18 Å². The van der Waals surface area contributed by atoms with Crippen molar-refractivity contribution in [1.29, 1.82) is 0 Å². The molecule has 3 aromatic rings. The van der Waals surface area contributed by atoms with E-state index >= 15 is 0 Å². The molecule has 0 unspecified atom stereocenters. The van der Waals surface area contributed by atoms with Gasteiger partial charge in [0.15, 0.2) is 0 Å². The first-order valence-corrected chi connectivity index (χ1v) is 9.93. The van der Waals surface area contributed by atoms with E-state index in [9.17, 15) is 18.0 Å². The number of pyridine rings is 1. The Morgan fingerprint density at radius 2 is 1.77 bits per heavy atom. The lowest BCUT2D eigenvalue weighted by Gasteiger charge is -2.30. The molecule has 1 saturated heterocycles. The number of amides is 1. The van der Waals surface area contributed by atoms with Gasteiger partial charge in [-0.05, 0) is 61.2 Å². The standard InChI is InChI=1S/C23H22F3N3O/c1-15-9-12-29(13-10-15)22(30)16-2-5-18(6-3-16)28-20-8-11-27-21-14-17(23(24,25)26)4-7-19(20)21/h2-8,11,14-15H,9-10,12-13H2,1H3,(H,27,28). The smallest absolute Gasteiger partial charge is 0.355 e. The highest BCUT2D eigenvalue weighted by Gasteiger charge is 2.30. The van der Waals surface area contributed by atoms with E-state index in [1.807, 2.05) is 4.90 Å². The van der Waals surface area contributed by atoms with Gasteiger partial charge in [0.05, 0.1) is 11.1 Å². The van der Waals surface area contributed by atoms with Crippen LogP contribution in [0.5, 0.6) is 0 Å². The van der Waals surface area contributed by atoms with Gasteiger partial charge in [-0.25, -0.2) is 0 Å². The molecule has 1 N–H and O–H groups in total. The Morgan fingerprint density at radius 1 is 1.07 bits per heavy atom. The van der Waals surface area contributed by atoms with Gasteiger partial charge in [0.25, 0.3) is 5.91 Å². The van der Waals surface area contributed by atoms with E-state index in [1.165, 1.54) is 12.3 Å². The predicted molar refractivity (Wildman–Crippen MR) is 111 cm³/mol. The Kier molecular flexibility index (Phi) is 5.37. The highest BCUT2D eigenvalue weighted by atomic mass is 19.4. The molecular formula is C23H22F3N3O. The number of halogens is 3. The number of rotatable bonds is 3. The van der Waals surface area contributed by atoms with Gasteiger partial charge < -0.3 is 10.2 Å².